The second kappa shape index (κ2) is 6.21. The minimum absolute atomic E-state index is 0.00361. The van der Waals surface area contributed by atoms with E-state index in [0.29, 0.717) is 11.7 Å². The van der Waals surface area contributed by atoms with Crippen LogP contribution in [-0.4, -0.2) is 65.2 Å². The first-order valence-electron chi connectivity index (χ1n) is 6.22. The minimum Gasteiger partial charge on any atom is -0.301 e. The number of piperazine rings is 1. The smallest absolute Gasteiger partial charge is 0.240 e. The van der Waals surface area contributed by atoms with Crippen LogP contribution in [0.25, 0.3) is 0 Å². The van der Waals surface area contributed by atoms with Crippen molar-refractivity contribution in [3.8, 4) is 0 Å². The summed E-state index contributed by atoms with van der Waals surface area (Å²) < 4.78 is 0. The Kier molecular flexibility index (Phi) is 4.62. The summed E-state index contributed by atoms with van der Waals surface area (Å²) in [6, 6.07) is 0. The van der Waals surface area contributed by atoms with Crippen molar-refractivity contribution >= 4 is 22.4 Å². The van der Waals surface area contributed by atoms with E-state index < -0.39 is 0 Å². The van der Waals surface area contributed by atoms with Crippen molar-refractivity contribution in [3.63, 3.8) is 0 Å². The first-order valence-corrected chi connectivity index (χ1v) is 7.03. The topological polar surface area (TPSA) is 61.4 Å². The number of amides is 1. The van der Waals surface area contributed by atoms with Crippen molar-refractivity contribution in [2.45, 2.75) is 13.8 Å². The molecule has 2 rings (SSSR count). The molecule has 1 aliphatic heterocycles. The van der Waals surface area contributed by atoms with E-state index >= 15 is 0 Å². The van der Waals surface area contributed by atoms with Crippen molar-refractivity contribution < 1.29 is 4.79 Å². The van der Waals surface area contributed by atoms with Gasteiger partial charge in [-0.15, -0.1) is 10.2 Å². The van der Waals surface area contributed by atoms with Crippen molar-refractivity contribution in [1.29, 1.82) is 0 Å². The van der Waals surface area contributed by atoms with Crippen LogP contribution in [0.15, 0.2) is 0 Å². The number of hydrogen-bond acceptors (Lipinski definition) is 6. The van der Waals surface area contributed by atoms with Crippen LogP contribution in [0.2, 0.25) is 0 Å². The lowest BCUT2D eigenvalue weighted by Gasteiger charge is -2.33. The fourth-order valence-electron chi connectivity index (χ4n) is 1.97. The van der Waals surface area contributed by atoms with Crippen LogP contribution in [-0.2, 0) is 4.79 Å². The first kappa shape index (κ1) is 13.4. The molecule has 7 heteroatoms. The molecule has 1 aromatic heterocycles. The highest BCUT2D eigenvalue weighted by Gasteiger charge is 2.18. The van der Waals surface area contributed by atoms with Crippen LogP contribution in [0.4, 0.5) is 5.13 Å². The summed E-state index contributed by atoms with van der Waals surface area (Å²) in [6.45, 7) is 9.56. The van der Waals surface area contributed by atoms with Crippen molar-refractivity contribution in [2.24, 2.45) is 0 Å². The van der Waals surface area contributed by atoms with Gasteiger partial charge in [-0.25, -0.2) is 0 Å². The quantitative estimate of drug-likeness (QED) is 0.858. The molecule has 1 fully saturated rings. The van der Waals surface area contributed by atoms with E-state index in [1.807, 2.05) is 6.92 Å². The number of anilines is 1. The number of likely N-dealkylation sites (N-methyl/N-ethyl adjacent to an activating group) is 1. The predicted octanol–water partition coefficient (Wildman–Crippen LogP) is 0.423. The third-order valence-electron chi connectivity index (χ3n) is 3.05. The van der Waals surface area contributed by atoms with Crippen LogP contribution >= 0.6 is 11.3 Å². The summed E-state index contributed by atoms with van der Waals surface area (Å²) in [4.78, 5) is 16.4. The van der Waals surface area contributed by atoms with E-state index in [0.717, 1.165) is 37.7 Å². The number of aromatic nitrogens is 2. The second-order valence-corrected chi connectivity index (χ2v) is 5.57. The average molecular weight is 269 g/mol. The normalized spacial score (nSPS) is 17.9. The van der Waals surface area contributed by atoms with E-state index in [1.54, 1.807) is 0 Å². The summed E-state index contributed by atoms with van der Waals surface area (Å²) in [5, 5.41) is 12.0. The molecular formula is C11H19N5OS. The van der Waals surface area contributed by atoms with Crippen LogP contribution in [0, 0.1) is 6.92 Å². The standard InChI is InChI=1S/C11H19N5OS/c1-3-15-4-6-16(7-5-15)8-10(17)12-11-14-13-9(2)18-11/h3-8H2,1-2H3,(H,12,14,17). The monoisotopic (exact) mass is 269 g/mol. The molecule has 1 amide bonds. The SMILES string of the molecule is CCN1CCN(CC(=O)Nc2nnc(C)s2)CC1. The molecule has 1 saturated heterocycles. The van der Waals surface area contributed by atoms with Gasteiger partial charge < -0.3 is 4.90 Å². The lowest BCUT2D eigenvalue weighted by atomic mass is 10.3. The minimum atomic E-state index is -0.00361. The largest absolute Gasteiger partial charge is 0.301 e. The van der Waals surface area contributed by atoms with Gasteiger partial charge in [-0.2, -0.15) is 0 Å². The van der Waals surface area contributed by atoms with E-state index in [-0.39, 0.29) is 5.91 Å². The summed E-state index contributed by atoms with van der Waals surface area (Å²) in [5.41, 5.74) is 0. The number of nitrogens with one attached hydrogen (secondary N) is 1. The van der Waals surface area contributed by atoms with E-state index in [4.69, 9.17) is 0 Å². The number of rotatable bonds is 4. The van der Waals surface area contributed by atoms with Gasteiger partial charge in [0.1, 0.15) is 5.01 Å². The molecule has 0 aromatic carbocycles. The molecule has 0 spiro atoms. The van der Waals surface area contributed by atoms with E-state index in [2.05, 4.69) is 32.2 Å². The van der Waals surface area contributed by atoms with Crippen LogP contribution in [0.1, 0.15) is 11.9 Å². The highest BCUT2D eigenvalue weighted by atomic mass is 32.1. The Morgan fingerprint density at radius 3 is 2.50 bits per heavy atom. The van der Waals surface area contributed by atoms with E-state index in [1.165, 1.54) is 11.3 Å². The predicted molar refractivity (Wildman–Crippen MR) is 71.8 cm³/mol. The molecule has 1 aromatic rings. The molecule has 1 N–H and O–H groups in total. The molecule has 18 heavy (non-hydrogen) atoms. The Bertz CT molecular complexity index is 400. The van der Waals surface area contributed by atoms with Gasteiger partial charge in [-0.1, -0.05) is 18.3 Å². The summed E-state index contributed by atoms with van der Waals surface area (Å²) in [6.07, 6.45) is 0. The molecule has 0 unspecified atom stereocenters. The number of hydrogen-bond donors (Lipinski definition) is 1. The average Bonchev–Trinajstić information content (AvgIpc) is 2.75. The molecule has 1 aliphatic rings. The van der Waals surface area contributed by atoms with Gasteiger partial charge in [-0.05, 0) is 13.5 Å². The van der Waals surface area contributed by atoms with Crippen LogP contribution in [0.3, 0.4) is 0 Å². The summed E-state index contributed by atoms with van der Waals surface area (Å²) in [7, 11) is 0. The maximum absolute atomic E-state index is 11.8. The first-order chi connectivity index (χ1) is 8.67. The number of nitrogens with zero attached hydrogens (tertiary/aromatic N) is 4. The molecule has 0 atom stereocenters. The van der Waals surface area contributed by atoms with Gasteiger partial charge in [0, 0.05) is 26.2 Å². The third-order valence-corrected chi connectivity index (χ3v) is 3.81. The summed E-state index contributed by atoms with van der Waals surface area (Å²) in [5.74, 6) is -0.00361. The van der Waals surface area contributed by atoms with Crippen LogP contribution < -0.4 is 5.32 Å². The number of aryl methyl sites for hydroxylation is 1. The lowest BCUT2D eigenvalue weighted by molar-refractivity contribution is -0.117. The lowest BCUT2D eigenvalue weighted by Crippen LogP contribution is -2.48. The maximum atomic E-state index is 11.8. The Morgan fingerprint density at radius 1 is 1.28 bits per heavy atom. The Balaban J connectivity index is 1.75. The second-order valence-electron chi connectivity index (χ2n) is 4.38. The number of carbonyl (C=O) groups excluding carboxylic acids is 1. The van der Waals surface area contributed by atoms with Gasteiger partial charge in [0.2, 0.25) is 11.0 Å². The maximum Gasteiger partial charge on any atom is 0.240 e. The van der Waals surface area contributed by atoms with Crippen molar-refractivity contribution in [3.05, 3.63) is 5.01 Å². The Labute approximate surface area is 111 Å². The zero-order valence-corrected chi connectivity index (χ0v) is 11.7. The molecule has 0 saturated carbocycles. The molecule has 0 bridgehead atoms. The van der Waals surface area contributed by atoms with Crippen molar-refractivity contribution in [1.82, 2.24) is 20.0 Å². The Morgan fingerprint density at radius 2 is 1.94 bits per heavy atom. The zero-order valence-electron chi connectivity index (χ0n) is 10.8. The third kappa shape index (κ3) is 3.72. The zero-order chi connectivity index (χ0) is 13.0. The van der Waals surface area contributed by atoms with Gasteiger partial charge in [0.25, 0.3) is 0 Å². The molecule has 2 heterocycles. The van der Waals surface area contributed by atoms with Gasteiger partial charge in [0.15, 0.2) is 0 Å². The fourth-order valence-corrected chi connectivity index (χ4v) is 2.58. The molecular weight excluding hydrogens is 250 g/mol. The number of carbonyl (C=O) groups is 1. The fraction of sp³-hybridized carbons (Fsp3) is 0.727. The molecule has 0 aliphatic carbocycles. The van der Waals surface area contributed by atoms with Gasteiger partial charge in [-0.3, -0.25) is 15.0 Å². The van der Waals surface area contributed by atoms with Crippen LogP contribution in [0.5, 0.6) is 0 Å². The Hall–Kier alpha value is -1.05. The van der Waals surface area contributed by atoms with E-state index in [9.17, 15) is 4.79 Å². The van der Waals surface area contributed by atoms with Gasteiger partial charge >= 0.3 is 0 Å². The van der Waals surface area contributed by atoms with Gasteiger partial charge in [0.05, 0.1) is 6.54 Å². The van der Waals surface area contributed by atoms with Crippen molar-refractivity contribution in [2.75, 3.05) is 44.6 Å². The molecule has 0 radical (unpaired) electrons. The summed E-state index contributed by atoms with van der Waals surface area (Å²) >= 11 is 1.40. The molecule has 6 nitrogen and oxygen atoms in total. The molecule has 100 valence electrons. The highest BCUT2D eigenvalue weighted by molar-refractivity contribution is 7.15. The highest BCUT2D eigenvalue weighted by Crippen LogP contribution is 2.13.